The number of sulfone groups is 1. The summed E-state index contributed by atoms with van der Waals surface area (Å²) in [6, 6.07) is 8.12. The van der Waals surface area contributed by atoms with Crippen LogP contribution in [0.4, 0.5) is 10.2 Å². The molecule has 1 amide bonds. The molecule has 2 aromatic rings. The van der Waals surface area contributed by atoms with E-state index >= 15 is 0 Å². The maximum Gasteiger partial charge on any atom is 0.269 e. The summed E-state index contributed by atoms with van der Waals surface area (Å²) in [5.41, 5.74) is 1.35. The SMILES string of the molecule is CN1CCc2ccc(C(=O)NCCS(=O)(=O)c3ccc(F)cc3)nc21. The van der Waals surface area contributed by atoms with Crippen molar-refractivity contribution >= 4 is 21.6 Å². The van der Waals surface area contributed by atoms with Crippen LogP contribution in [-0.4, -0.2) is 45.2 Å². The Morgan fingerprint density at radius 1 is 1.24 bits per heavy atom. The van der Waals surface area contributed by atoms with Crippen molar-refractivity contribution in [3.05, 3.63) is 53.5 Å². The lowest BCUT2D eigenvalue weighted by Gasteiger charge is -2.12. The lowest BCUT2D eigenvalue weighted by atomic mass is 10.2. The molecule has 0 radical (unpaired) electrons. The van der Waals surface area contributed by atoms with Gasteiger partial charge in [0.25, 0.3) is 5.91 Å². The van der Waals surface area contributed by atoms with Crippen LogP contribution >= 0.6 is 0 Å². The molecule has 6 nitrogen and oxygen atoms in total. The Morgan fingerprint density at radius 2 is 1.96 bits per heavy atom. The fourth-order valence-corrected chi connectivity index (χ4v) is 3.83. The van der Waals surface area contributed by atoms with Crippen LogP contribution in [0.25, 0.3) is 0 Å². The molecule has 1 aliphatic heterocycles. The van der Waals surface area contributed by atoms with Gasteiger partial charge in [0, 0.05) is 20.1 Å². The largest absolute Gasteiger partial charge is 0.359 e. The minimum atomic E-state index is -3.58. The first-order valence-electron chi connectivity index (χ1n) is 7.84. The van der Waals surface area contributed by atoms with Gasteiger partial charge in [-0.05, 0) is 42.3 Å². The molecule has 0 saturated heterocycles. The molecule has 0 saturated carbocycles. The number of benzene rings is 1. The summed E-state index contributed by atoms with van der Waals surface area (Å²) in [5, 5.41) is 2.57. The third kappa shape index (κ3) is 3.79. The van der Waals surface area contributed by atoms with Gasteiger partial charge in [0.2, 0.25) is 0 Å². The van der Waals surface area contributed by atoms with Crippen molar-refractivity contribution in [1.82, 2.24) is 10.3 Å². The van der Waals surface area contributed by atoms with Gasteiger partial charge in [0.05, 0.1) is 10.6 Å². The van der Waals surface area contributed by atoms with Gasteiger partial charge in [-0.1, -0.05) is 6.07 Å². The second kappa shape index (κ2) is 6.79. The third-order valence-corrected chi connectivity index (χ3v) is 5.83. The number of hydrogen-bond donors (Lipinski definition) is 1. The lowest BCUT2D eigenvalue weighted by Crippen LogP contribution is -2.30. The van der Waals surface area contributed by atoms with Gasteiger partial charge in [-0.25, -0.2) is 17.8 Å². The van der Waals surface area contributed by atoms with Gasteiger partial charge in [-0.15, -0.1) is 0 Å². The molecular formula is C17H18FN3O3S. The number of hydrogen-bond acceptors (Lipinski definition) is 5. The first kappa shape index (κ1) is 17.3. The number of fused-ring (bicyclic) bond motifs is 1. The van der Waals surface area contributed by atoms with E-state index in [1.165, 1.54) is 12.1 Å². The van der Waals surface area contributed by atoms with Gasteiger partial charge in [-0.2, -0.15) is 0 Å². The van der Waals surface area contributed by atoms with Crippen LogP contribution in [-0.2, 0) is 16.3 Å². The summed E-state index contributed by atoms with van der Waals surface area (Å²) < 4.78 is 37.2. The van der Waals surface area contributed by atoms with Crippen LogP contribution in [0.1, 0.15) is 16.1 Å². The molecule has 0 aliphatic carbocycles. The standard InChI is InChI=1S/C17H18FN3O3S/c1-21-10-8-12-2-7-15(20-16(12)21)17(22)19-9-11-25(23,24)14-5-3-13(18)4-6-14/h2-7H,8-11H2,1H3,(H,19,22). The van der Waals surface area contributed by atoms with Crippen LogP contribution in [0, 0.1) is 5.82 Å². The van der Waals surface area contributed by atoms with Crippen LogP contribution in [0.2, 0.25) is 0 Å². The molecule has 0 bridgehead atoms. The van der Waals surface area contributed by atoms with Crippen LogP contribution in [0.3, 0.4) is 0 Å². The normalized spacial score (nSPS) is 13.6. The number of nitrogens with zero attached hydrogens (tertiary/aromatic N) is 2. The monoisotopic (exact) mass is 363 g/mol. The number of carbonyl (C=O) groups is 1. The summed E-state index contributed by atoms with van der Waals surface area (Å²) >= 11 is 0. The van der Waals surface area contributed by atoms with E-state index in [0.29, 0.717) is 0 Å². The predicted molar refractivity (Wildman–Crippen MR) is 92.0 cm³/mol. The number of likely N-dealkylation sites (N-methyl/N-ethyl adjacent to an activating group) is 1. The third-order valence-electron chi connectivity index (χ3n) is 4.10. The highest BCUT2D eigenvalue weighted by molar-refractivity contribution is 7.91. The van der Waals surface area contributed by atoms with E-state index in [9.17, 15) is 17.6 Å². The zero-order valence-electron chi connectivity index (χ0n) is 13.7. The van der Waals surface area contributed by atoms with Gasteiger partial charge in [-0.3, -0.25) is 4.79 Å². The van der Waals surface area contributed by atoms with Gasteiger partial charge in [0.1, 0.15) is 17.3 Å². The van der Waals surface area contributed by atoms with Crippen molar-refractivity contribution in [2.45, 2.75) is 11.3 Å². The number of rotatable bonds is 5. The quantitative estimate of drug-likeness (QED) is 0.813. The number of pyridine rings is 1. The van der Waals surface area contributed by atoms with Crippen molar-refractivity contribution in [2.24, 2.45) is 0 Å². The number of aromatic nitrogens is 1. The highest BCUT2D eigenvalue weighted by atomic mass is 32.2. The molecule has 1 N–H and O–H groups in total. The Balaban J connectivity index is 1.61. The number of halogens is 1. The van der Waals surface area contributed by atoms with E-state index in [0.717, 1.165) is 36.5 Å². The summed E-state index contributed by atoms with van der Waals surface area (Å²) in [6.45, 7) is 0.816. The molecule has 3 rings (SSSR count). The molecule has 8 heteroatoms. The fourth-order valence-electron chi connectivity index (χ4n) is 2.67. The number of carbonyl (C=O) groups excluding carboxylic acids is 1. The first-order valence-corrected chi connectivity index (χ1v) is 9.49. The highest BCUT2D eigenvalue weighted by Crippen LogP contribution is 2.24. The lowest BCUT2D eigenvalue weighted by molar-refractivity contribution is 0.0951. The van der Waals surface area contributed by atoms with E-state index < -0.39 is 21.6 Å². The first-order chi connectivity index (χ1) is 11.9. The second-order valence-corrected chi connectivity index (χ2v) is 7.99. The Labute approximate surface area is 145 Å². The summed E-state index contributed by atoms with van der Waals surface area (Å²) in [5.74, 6) is -0.404. The molecule has 0 atom stereocenters. The highest BCUT2D eigenvalue weighted by Gasteiger charge is 2.20. The Morgan fingerprint density at radius 3 is 2.68 bits per heavy atom. The Bertz CT molecular complexity index is 898. The summed E-state index contributed by atoms with van der Waals surface area (Å²) in [7, 11) is -1.67. The predicted octanol–water partition coefficient (Wildman–Crippen LogP) is 1.42. The van der Waals surface area contributed by atoms with Crippen molar-refractivity contribution in [2.75, 3.05) is 30.8 Å². The van der Waals surface area contributed by atoms with E-state index in [4.69, 9.17) is 0 Å². The van der Waals surface area contributed by atoms with Crippen molar-refractivity contribution in [1.29, 1.82) is 0 Å². The van der Waals surface area contributed by atoms with Gasteiger partial charge < -0.3 is 10.2 Å². The molecule has 1 aliphatic rings. The Kier molecular flexibility index (Phi) is 4.71. The van der Waals surface area contributed by atoms with Crippen molar-refractivity contribution < 1.29 is 17.6 Å². The summed E-state index contributed by atoms with van der Waals surface area (Å²) in [4.78, 5) is 18.5. The topological polar surface area (TPSA) is 79.4 Å². The molecule has 0 fully saturated rings. The van der Waals surface area contributed by atoms with Crippen LogP contribution in [0.15, 0.2) is 41.3 Å². The minimum absolute atomic E-state index is 0.0282. The van der Waals surface area contributed by atoms with E-state index in [-0.39, 0.29) is 22.9 Å². The number of amides is 1. The Hall–Kier alpha value is -2.48. The summed E-state index contributed by atoms with van der Waals surface area (Å²) in [6.07, 6.45) is 0.899. The van der Waals surface area contributed by atoms with E-state index in [1.807, 2.05) is 18.0 Å². The molecule has 1 aromatic heterocycles. The second-order valence-electron chi connectivity index (χ2n) is 5.88. The van der Waals surface area contributed by atoms with E-state index in [1.54, 1.807) is 6.07 Å². The van der Waals surface area contributed by atoms with Crippen LogP contribution in [0.5, 0.6) is 0 Å². The molecular weight excluding hydrogens is 345 g/mol. The average molecular weight is 363 g/mol. The molecule has 25 heavy (non-hydrogen) atoms. The fraction of sp³-hybridized carbons (Fsp3) is 0.294. The smallest absolute Gasteiger partial charge is 0.269 e. The van der Waals surface area contributed by atoms with Crippen LogP contribution < -0.4 is 10.2 Å². The van der Waals surface area contributed by atoms with Crippen molar-refractivity contribution in [3.63, 3.8) is 0 Å². The zero-order valence-corrected chi connectivity index (χ0v) is 14.5. The molecule has 2 heterocycles. The molecule has 1 aromatic carbocycles. The minimum Gasteiger partial charge on any atom is -0.359 e. The average Bonchev–Trinajstić information content (AvgIpc) is 2.95. The van der Waals surface area contributed by atoms with E-state index in [2.05, 4.69) is 10.3 Å². The molecule has 0 spiro atoms. The number of anilines is 1. The molecule has 0 unspecified atom stereocenters. The maximum atomic E-state index is 12.9. The van der Waals surface area contributed by atoms with Gasteiger partial charge in [0.15, 0.2) is 9.84 Å². The molecule has 132 valence electrons. The van der Waals surface area contributed by atoms with Crippen molar-refractivity contribution in [3.8, 4) is 0 Å². The zero-order chi connectivity index (χ0) is 18.0. The van der Waals surface area contributed by atoms with Gasteiger partial charge >= 0.3 is 0 Å². The maximum absolute atomic E-state index is 12.9. The number of nitrogens with one attached hydrogen (secondary N) is 1.